The van der Waals surface area contributed by atoms with Gasteiger partial charge in [0.05, 0.1) is 0 Å². The summed E-state index contributed by atoms with van der Waals surface area (Å²) in [7, 11) is 0. The molecule has 1 spiro atoms. The van der Waals surface area contributed by atoms with Crippen molar-refractivity contribution in [2.45, 2.75) is 44.6 Å². The molecule has 4 amide bonds. The van der Waals surface area contributed by atoms with Crippen LogP contribution in [0.2, 0.25) is 0 Å². The van der Waals surface area contributed by atoms with Crippen LogP contribution in [0.4, 0.5) is 10.5 Å². The molecule has 2 aliphatic rings. The van der Waals surface area contributed by atoms with Crippen molar-refractivity contribution in [2.24, 2.45) is 5.92 Å². The van der Waals surface area contributed by atoms with Crippen molar-refractivity contribution in [3.05, 3.63) is 35.8 Å². The van der Waals surface area contributed by atoms with Crippen molar-refractivity contribution >= 4 is 34.9 Å². The van der Waals surface area contributed by atoms with Gasteiger partial charge in [-0.25, -0.2) is 9.78 Å². The van der Waals surface area contributed by atoms with Crippen LogP contribution in [0, 0.1) is 5.92 Å². The second kappa shape index (κ2) is 7.94. The average molecular weight is 413 g/mol. The van der Waals surface area contributed by atoms with Gasteiger partial charge in [0.1, 0.15) is 17.1 Å². The number of amides is 4. The lowest BCUT2D eigenvalue weighted by atomic mass is 9.75. The van der Waals surface area contributed by atoms with Crippen LogP contribution in [0.3, 0.4) is 0 Å². The highest BCUT2D eigenvalue weighted by Crippen LogP contribution is 2.37. The van der Waals surface area contributed by atoms with Gasteiger partial charge in [-0.15, -0.1) is 11.3 Å². The summed E-state index contributed by atoms with van der Waals surface area (Å²) in [5.41, 5.74) is 0.760. The number of thiazole rings is 1. The summed E-state index contributed by atoms with van der Waals surface area (Å²) in [6.45, 7) is 1.87. The Morgan fingerprint density at radius 1 is 1.28 bits per heavy atom. The number of carbonyl (C=O) groups excluding carboxylic acids is 3. The fourth-order valence-electron chi connectivity index (χ4n) is 4.14. The zero-order valence-corrected chi connectivity index (χ0v) is 17.1. The van der Waals surface area contributed by atoms with Crippen molar-refractivity contribution in [1.82, 2.24) is 15.2 Å². The first-order valence-electron chi connectivity index (χ1n) is 9.94. The van der Waals surface area contributed by atoms with E-state index < -0.39 is 17.5 Å². The van der Waals surface area contributed by atoms with E-state index in [-0.39, 0.29) is 12.5 Å². The van der Waals surface area contributed by atoms with Gasteiger partial charge in [-0.1, -0.05) is 13.3 Å². The van der Waals surface area contributed by atoms with Gasteiger partial charge in [-0.2, -0.15) is 0 Å². The molecule has 1 saturated carbocycles. The van der Waals surface area contributed by atoms with Gasteiger partial charge in [-0.3, -0.25) is 14.5 Å². The largest absolute Gasteiger partial charge is 0.325 e. The predicted molar refractivity (Wildman–Crippen MR) is 111 cm³/mol. The molecule has 29 heavy (non-hydrogen) atoms. The summed E-state index contributed by atoms with van der Waals surface area (Å²) in [5, 5.41) is 8.43. The normalized spacial score (nSPS) is 24.0. The molecule has 2 heterocycles. The maximum Gasteiger partial charge on any atom is 0.325 e. The number of imide groups is 1. The van der Waals surface area contributed by atoms with Crippen LogP contribution in [-0.4, -0.2) is 39.8 Å². The Morgan fingerprint density at radius 3 is 2.62 bits per heavy atom. The van der Waals surface area contributed by atoms with E-state index in [0.29, 0.717) is 24.4 Å². The third-order valence-corrected chi connectivity index (χ3v) is 6.75. The third-order valence-electron chi connectivity index (χ3n) is 5.93. The molecule has 4 rings (SSSR count). The Hall–Kier alpha value is -2.74. The van der Waals surface area contributed by atoms with Crippen molar-refractivity contribution < 1.29 is 14.4 Å². The molecule has 1 aliphatic heterocycles. The number of nitrogens with one attached hydrogen (secondary N) is 2. The second-order valence-corrected chi connectivity index (χ2v) is 8.61. The molecule has 0 unspecified atom stereocenters. The molecule has 0 atom stereocenters. The highest BCUT2D eigenvalue weighted by molar-refractivity contribution is 7.13. The Bertz CT molecular complexity index is 903. The fourth-order valence-corrected chi connectivity index (χ4v) is 4.79. The topological polar surface area (TPSA) is 91.4 Å². The molecule has 2 N–H and O–H groups in total. The van der Waals surface area contributed by atoms with E-state index in [9.17, 15) is 14.4 Å². The van der Waals surface area contributed by atoms with E-state index in [1.807, 2.05) is 17.5 Å². The summed E-state index contributed by atoms with van der Waals surface area (Å²) in [4.78, 5) is 43.0. The minimum Gasteiger partial charge on any atom is -0.325 e. The first kappa shape index (κ1) is 19.6. The van der Waals surface area contributed by atoms with Crippen LogP contribution in [0.5, 0.6) is 0 Å². The van der Waals surface area contributed by atoms with Crippen molar-refractivity contribution in [3.63, 3.8) is 0 Å². The number of rotatable bonds is 5. The summed E-state index contributed by atoms with van der Waals surface area (Å²) in [5.74, 6) is -0.0591. The van der Waals surface area contributed by atoms with Gasteiger partial charge < -0.3 is 10.6 Å². The molecular weight excluding hydrogens is 388 g/mol. The van der Waals surface area contributed by atoms with Gasteiger partial charge in [0, 0.05) is 22.8 Å². The minimum atomic E-state index is -0.821. The monoisotopic (exact) mass is 412 g/mol. The van der Waals surface area contributed by atoms with Gasteiger partial charge in [0.2, 0.25) is 5.91 Å². The van der Waals surface area contributed by atoms with E-state index in [1.165, 1.54) is 0 Å². The van der Waals surface area contributed by atoms with E-state index in [0.717, 1.165) is 34.7 Å². The highest BCUT2D eigenvalue weighted by atomic mass is 32.1. The average Bonchev–Trinajstić information content (AvgIpc) is 3.33. The maximum atomic E-state index is 12.9. The Labute approximate surface area is 173 Å². The fraction of sp³-hybridized carbons (Fsp3) is 0.429. The van der Waals surface area contributed by atoms with Crippen LogP contribution in [0.1, 0.15) is 39.0 Å². The highest BCUT2D eigenvalue weighted by Gasteiger charge is 2.52. The van der Waals surface area contributed by atoms with Crippen LogP contribution in [0.25, 0.3) is 10.6 Å². The first-order valence-corrected chi connectivity index (χ1v) is 10.8. The lowest BCUT2D eigenvalue weighted by Gasteiger charge is -2.34. The van der Waals surface area contributed by atoms with Crippen molar-refractivity contribution in [1.29, 1.82) is 0 Å². The molecule has 8 heteroatoms. The summed E-state index contributed by atoms with van der Waals surface area (Å²) < 4.78 is 0. The van der Waals surface area contributed by atoms with Gasteiger partial charge >= 0.3 is 6.03 Å². The first-order chi connectivity index (χ1) is 14.0. The molecule has 1 aliphatic carbocycles. The minimum absolute atomic E-state index is 0.272. The number of hydrogen-bond acceptors (Lipinski definition) is 5. The van der Waals surface area contributed by atoms with Gasteiger partial charge in [-0.05, 0) is 55.9 Å². The zero-order valence-electron chi connectivity index (χ0n) is 16.3. The number of carbonyl (C=O) groups is 3. The number of anilines is 1. The maximum absolute atomic E-state index is 12.9. The van der Waals surface area contributed by atoms with E-state index >= 15 is 0 Å². The molecule has 2 aromatic rings. The zero-order chi connectivity index (χ0) is 20.4. The van der Waals surface area contributed by atoms with Gasteiger partial charge in [0.25, 0.3) is 5.91 Å². The lowest BCUT2D eigenvalue weighted by Crippen LogP contribution is -2.49. The van der Waals surface area contributed by atoms with Crippen LogP contribution in [-0.2, 0) is 9.59 Å². The van der Waals surface area contributed by atoms with Crippen molar-refractivity contribution in [2.75, 3.05) is 11.9 Å². The molecule has 0 bridgehead atoms. The van der Waals surface area contributed by atoms with E-state index in [2.05, 4.69) is 22.5 Å². The molecular formula is C21H24N4O3S. The molecule has 152 valence electrons. The standard InChI is InChI=1S/C21H24N4O3S/c1-2-14-7-9-21(10-8-14)19(27)25(20(28)24-21)13-17(26)23-16-5-3-15(4-6-16)18-22-11-12-29-18/h3-6,11-12,14H,2,7-10,13H2,1H3,(H,23,26)(H,24,28). The third kappa shape index (κ3) is 3.89. The van der Waals surface area contributed by atoms with Gasteiger partial charge in [0.15, 0.2) is 0 Å². The quantitative estimate of drug-likeness (QED) is 0.734. The number of urea groups is 1. The molecule has 7 nitrogen and oxygen atoms in total. The number of benzene rings is 1. The van der Waals surface area contributed by atoms with Crippen molar-refractivity contribution in [3.8, 4) is 10.6 Å². The smallest absolute Gasteiger partial charge is 0.325 e. The SMILES string of the molecule is CCC1CCC2(CC1)NC(=O)N(CC(=O)Nc1ccc(-c3nccs3)cc1)C2=O. The summed E-state index contributed by atoms with van der Waals surface area (Å²) >= 11 is 1.54. The van der Waals surface area contributed by atoms with Crippen LogP contribution in [0.15, 0.2) is 35.8 Å². The Morgan fingerprint density at radius 2 is 2.00 bits per heavy atom. The molecule has 2 fully saturated rings. The van der Waals surface area contributed by atoms with Crippen LogP contribution < -0.4 is 10.6 Å². The molecule has 1 saturated heterocycles. The Balaban J connectivity index is 1.37. The lowest BCUT2D eigenvalue weighted by molar-refractivity contribution is -0.135. The molecule has 1 aromatic heterocycles. The Kier molecular flexibility index (Phi) is 5.36. The number of hydrogen-bond donors (Lipinski definition) is 2. The number of nitrogens with zero attached hydrogens (tertiary/aromatic N) is 2. The summed E-state index contributed by atoms with van der Waals surface area (Å²) in [6.07, 6.45) is 5.97. The van der Waals surface area contributed by atoms with E-state index in [4.69, 9.17) is 0 Å². The molecule has 0 radical (unpaired) electrons. The van der Waals surface area contributed by atoms with E-state index in [1.54, 1.807) is 29.7 Å². The molecule has 1 aromatic carbocycles. The second-order valence-electron chi connectivity index (χ2n) is 7.72. The number of aromatic nitrogens is 1. The van der Waals surface area contributed by atoms with Crippen LogP contribution >= 0.6 is 11.3 Å². The summed E-state index contributed by atoms with van der Waals surface area (Å²) in [6, 6.07) is 6.86. The predicted octanol–water partition coefficient (Wildman–Crippen LogP) is 3.64.